The van der Waals surface area contributed by atoms with Gasteiger partial charge in [-0.25, -0.2) is 0 Å². The molecule has 2 nitrogen and oxygen atoms in total. The summed E-state index contributed by atoms with van der Waals surface area (Å²) in [7, 11) is 0. The third-order valence-electron chi connectivity index (χ3n) is 3.27. The molecule has 0 atom stereocenters. The molecule has 100 valence electrons. The lowest BCUT2D eigenvalue weighted by atomic mass is 10.1. The molecule has 0 radical (unpaired) electrons. The number of nitrogens with zero attached hydrogens (tertiary/aromatic N) is 1. The zero-order valence-electron chi connectivity index (χ0n) is 11.4. The lowest BCUT2D eigenvalue weighted by Crippen LogP contribution is -2.41. The molecular formula is C15H22BrNO. The van der Waals surface area contributed by atoms with Gasteiger partial charge in [0.1, 0.15) is 0 Å². The van der Waals surface area contributed by atoms with Crippen LogP contribution in [0.15, 0.2) is 24.3 Å². The number of amides is 1. The van der Waals surface area contributed by atoms with Crippen molar-refractivity contribution in [1.82, 2.24) is 4.90 Å². The maximum absolute atomic E-state index is 12.5. The number of aryl methyl sites for hydroxylation is 1. The maximum atomic E-state index is 12.5. The lowest BCUT2D eigenvalue weighted by molar-refractivity contribution is 0.0683. The molecule has 0 saturated carbocycles. The summed E-state index contributed by atoms with van der Waals surface area (Å²) in [6.07, 6.45) is 2.00. The van der Waals surface area contributed by atoms with Crippen LogP contribution in [-0.2, 0) is 0 Å². The van der Waals surface area contributed by atoms with Gasteiger partial charge >= 0.3 is 0 Å². The molecule has 0 N–H and O–H groups in total. The van der Waals surface area contributed by atoms with Gasteiger partial charge in [0.15, 0.2) is 0 Å². The molecule has 0 aliphatic rings. The second-order valence-electron chi connectivity index (χ2n) is 4.52. The molecule has 0 heterocycles. The zero-order valence-corrected chi connectivity index (χ0v) is 13.0. The molecule has 1 rings (SSSR count). The quantitative estimate of drug-likeness (QED) is 0.727. The number of carbonyl (C=O) groups is 1. The average molecular weight is 312 g/mol. The number of alkyl halides is 1. The monoisotopic (exact) mass is 311 g/mol. The van der Waals surface area contributed by atoms with Crippen LogP contribution in [0.3, 0.4) is 0 Å². The third-order valence-corrected chi connectivity index (χ3v) is 3.62. The Kier molecular flexibility index (Phi) is 6.41. The van der Waals surface area contributed by atoms with Gasteiger partial charge < -0.3 is 4.90 Å². The van der Waals surface area contributed by atoms with E-state index in [9.17, 15) is 4.79 Å². The summed E-state index contributed by atoms with van der Waals surface area (Å²) >= 11 is 3.44. The van der Waals surface area contributed by atoms with Crippen LogP contribution >= 0.6 is 15.9 Å². The molecule has 0 bridgehead atoms. The van der Waals surface area contributed by atoms with Crippen LogP contribution in [-0.4, -0.2) is 28.7 Å². The average Bonchev–Trinajstić information content (AvgIpc) is 2.39. The van der Waals surface area contributed by atoms with Crippen molar-refractivity contribution in [3.63, 3.8) is 0 Å². The molecule has 0 saturated heterocycles. The van der Waals surface area contributed by atoms with E-state index in [2.05, 4.69) is 29.8 Å². The molecule has 0 unspecified atom stereocenters. The van der Waals surface area contributed by atoms with Crippen molar-refractivity contribution in [2.45, 2.75) is 39.7 Å². The van der Waals surface area contributed by atoms with Crippen molar-refractivity contribution in [3.8, 4) is 0 Å². The van der Waals surface area contributed by atoms with E-state index < -0.39 is 0 Å². The summed E-state index contributed by atoms with van der Waals surface area (Å²) in [4.78, 5) is 14.5. The highest BCUT2D eigenvalue weighted by Gasteiger charge is 2.21. The van der Waals surface area contributed by atoms with E-state index >= 15 is 0 Å². The van der Waals surface area contributed by atoms with Gasteiger partial charge in [-0.2, -0.15) is 0 Å². The summed E-state index contributed by atoms with van der Waals surface area (Å²) in [6, 6.07) is 8.15. The van der Waals surface area contributed by atoms with Crippen molar-refractivity contribution < 1.29 is 4.79 Å². The predicted molar refractivity (Wildman–Crippen MR) is 80.4 cm³/mol. The van der Waals surface area contributed by atoms with Crippen molar-refractivity contribution in [1.29, 1.82) is 0 Å². The van der Waals surface area contributed by atoms with E-state index in [0.717, 1.165) is 30.3 Å². The van der Waals surface area contributed by atoms with E-state index in [0.29, 0.717) is 6.04 Å². The van der Waals surface area contributed by atoms with Gasteiger partial charge in [-0.1, -0.05) is 47.5 Å². The summed E-state index contributed by atoms with van der Waals surface area (Å²) in [5.74, 6) is 0.142. The first-order chi connectivity index (χ1) is 8.63. The molecule has 1 aromatic rings. The largest absolute Gasteiger partial charge is 0.335 e. The van der Waals surface area contributed by atoms with Crippen molar-refractivity contribution in [2.24, 2.45) is 0 Å². The number of benzene rings is 1. The molecule has 0 fully saturated rings. The first-order valence-corrected chi connectivity index (χ1v) is 7.69. The fourth-order valence-electron chi connectivity index (χ4n) is 2.13. The fraction of sp³-hybridized carbons (Fsp3) is 0.533. The molecule has 1 amide bonds. The predicted octanol–water partition coefficient (Wildman–Crippen LogP) is 4.02. The minimum absolute atomic E-state index is 0.142. The Labute approximate surface area is 119 Å². The van der Waals surface area contributed by atoms with Gasteiger partial charge in [0.05, 0.1) is 0 Å². The molecule has 0 aromatic heterocycles. The van der Waals surface area contributed by atoms with Gasteiger partial charge in [0.25, 0.3) is 5.91 Å². The zero-order chi connectivity index (χ0) is 13.5. The SMILES string of the molecule is CCC(CC)N(CCBr)C(=O)c1ccc(C)cc1. The van der Waals surface area contributed by atoms with Gasteiger partial charge in [0.2, 0.25) is 0 Å². The second-order valence-corrected chi connectivity index (χ2v) is 5.32. The highest BCUT2D eigenvalue weighted by atomic mass is 79.9. The Morgan fingerprint density at radius 1 is 1.22 bits per heavy atom. The number of carbonyl (C=O) groups excluding carboxylic acids is 1. The van der Waals surface area contributed by atoms with E-state index in [-0.39, 0.29) is 5.91 Å². The van der Waals surface area contributed by atoms with Crippen LogP contribution in [0, 0.1) is 6.92 Å². The van der Waals surface area contributed by atoms with E-state index in [1.165, 1.54) is 5.56 Å². The number of hydrogen-bond donors (Lipinski definition) is 0. The molecule has 0 spiro atoms. The lowest BCUT2D eigenvalue weighted by Gasteiger charge is -2.30. The van der Waals surface area contributed by atoms with Crippen molar-refractivity contribution in [3.05, 3.63) is 35.4 Å². The third kappa shape index (κ3) is 3.84. The highest BCUT2D eigenvalue weighted by molar-refractivity contribution is 9.09. The molecule has 0 aliphatic carbocycles. The Hall–Kier alpha value is -0.830. The van der Waals surface area contributed by atoms with Gasteiger partial charge in [0, 0.05) is 23.5 Å². The molecule has 18 heavy (non-hydrogen) atoms. The Bertz CT molecular complexity index is 371. The number of hydrogen-bond acceptors (Lipinski definition) is 1. The van der Waals surface area contributed by atoms with Crippen LogP contribution in [0.5, 0.6) is 0 Å². The van der Waals surface area contributed by atoms with Gasteiger partial charge in [-0.15, -0.1) is 0 Å². The van der Waals surface area contributed by atoms with Crippen LogP contribution in [0.4, 0.5) is 0 Å². The maximum Gasteiger partial charge on any atom is 0.254 e. The fourth-order valence-corrected chi connectivity index (χ4v) is 2.51. The van der Waals surface area contributed by atoms with E-state index in [1.54, 1.807) is 0 Å². The first-order valence-electron chi connectivity index (χ1n) is 6.57. The Balaban J connectivity index is 2.91. The summed E-state index contributed by atoms with van der Waals surface area (Å²) in [6.45, 7) is 7.07. The minimum Gasteiger partial charge on any atom is -0.335 e. The summed E-state index contributed by atoms with van der Waals surface area (Å²) in [5.41, 5.74) is 1.97. The normalized spacial score (nSPS) is 10.7. The Morgan fingerprint density at radius 3 is 2.22 bits per heavy atom. The van der Waals surface area contributed by atoms with Gasteiger partial charge in [-0.3, -0.25) is 4.79 Å². The van der Waals surface area contributed by atoms with Crippen LogP contribution in [0.1, 0.15) is 42.6 Å². The topological polar surface area (TPSA) is 20.3 Å². The molecule has 1 aromatic carbocycles. The number of halogens is 1. The van der Waals surface area contributed by atoms with Crippen molar-refractivity contribution >= 4 is 21.8 Å². The number of rotatable bonds is 6. The molecule has 3 heteroatoms. The smallest absolute Gasteiger partial charge is 0.254 e. The van der Waals surface area contributed by atoms with E-state index in [1.807, 2.05) is 36.1 Å². The van der Waals surface area contributed by atoms with E-state index in [4.69, 9.17) is 0 Å². The molecule has 0 aliphatic heterocycles. The Morgan fingerprint density at radius 2 is 1.78 bits per heavy atom. The molecular weight excluding hydrogens is 290 g/mol. The standard InChI is InChI=1S/C15H22BrNO/c1-4-14(5-2)17(11-10-16)15(18)13-8-6-12(3)7-9-13/h6-9,14H,4-5,10-11H2,1-3H3. The highest BCUT2D eigenvalue weighted by Crippen LogP contribution is 2.14. The van der Waals surface area contributed by atoms with Gasteiger partial charge in [-0.05, 0) is 31.9 Å². The van der Waals surface area contributed by atoms with Crippen molar-refractivity contribution in [2.75, 3.05) is 11.9 Å². The second kappa shape index (κ2) is 7.57. The first kappa shape index (κ1) is 15.2. The minimum atomic E-state index is 0.142. The summed E-state index contributed by atoms with van der Waals surface area (Å²) in [5, 5.41) is 0.821. The van der Waals surface area contributed by atoms with Crippen LogP contribution in [0.2, 0.25) is 0 Å². The van der Waals surface area contributed by atoms with Crippen LogP contribution < -0.4 is 0 Å². The van der Waals surface area contributed by atoms with Crippen LogP contribution in [0.25, 0.3) is 0 Å². The summed E-state index contributed by atoms with van der Waals surface area (Å²) < 4.78 is 0.